The first kappa shape index (κ1) is 11.4. The Morgan fingerprint density at radius 3 is 2.72 bits per heavy atom. The predicted octanol–water partition coefficient (Wildman–Crippen LogP) is 3.71. The molecule has 0 saturated carbocycles. The van der Waals surface area contributed by atoms with Crippen LogP contribution >= 0.6 is 15.9 Å². The minimum Gasteiger partial charge on any atom is -0.326 e. The van der Waals surface area contributed by atoms with E-state index in [2.05, 4.69) is 42.6 Å². The third-order valence-electron chi connectivity index (χ3n) is 2.98. The smallest absolute Gasteiger partial charge is 0.159 e. The first-order valence-electron chi connectivity index (χ1n) is 5.70. The fourth-order valence-electron chi connectivity index (χ4n) is 2.00. The van der Waals surface area contributed by atoms with Crippen molar-refractivity contribution in [1.82, 2.24) is 14.5 Å². The van der Waals surface area contributed by atoms with Crippen molar-refractivity contribution in [2.75, 3.05) is 0 Å². The molecule has 0 N–H and O–H groups in total. The normalized spacial score (nSPS) is 11.1. The van der Waals surface area contributed by atoms with E-state index >= 15 is 0 Å². The maximum absolute atomic E-state index is 4.64. The van der Waals surface area contributed by atoms with Gasteiger partial charge in [0.2, 0.25) is 0 Å². The third-order valence-corrected chi connectivity index (χ3v) is 3.48. The summed E-state index contributed by atoms with van der Waals surface area (Å²) in [6.45, 7) is 2.03. The molecule has 0 spiro atoms. The fourth-order valence-corrected chi connectivity index (χ4v) is 2.35. The summed E-state index contributed by atoms with van der Waals surface area (Å²) in [7, 11) is 2.01. The maximum atomic E-state index is 4.64. The molecule has 0 aliphatic rings. The molecule has 2 heterocycles. The molecule has 2 aromatic heterocycles. The Balaban J connectivity index is 2.23. The number of aromatic nitrogens is 3. The summed E-state index contributed by atoms with van der Waals surface area (Å²) in [4.78, 5) is 9.08. The molecule has 3 aromatic rings. The van der Waals surface area contributed by atoms with Crippen molar-refractivity contribution in [2.24, 2.45) is 7.05 Å². The summed E-state index contributed by atoms with van der Waals surface area (Å²) in [5.41, 5.74) is 4.13. The van der Waals surface area contributed by atoms with E-state index in [-0.39, 0.29) is 0 Å². The van der Waals surface area contributed by atoms with Gasteiger partial charge in [0, 0.05) is 17.7 Å². The Bertz CT molecular complexity index is 714. The van der Waals surface area contributed by atoms with Gasteiger partial charge in [-0.05, 0) is 36.8 Å². The Hall–Kier alpha value is -1.68. The van der Waals surface area contributed by atoms with Gasteiger partial charge in [-0.25, -0.2) is 4.98 Å². The van der Waals surface area contributed by atoms with Gasteiger partial charge in [0.25, 0.3) is 0 Å². The number of aryl methyl sites for hydroxylation is 2. The lowest BCUT2D eigenvalue weighted by molar-refractivity contribution is 0.949. The van der Waals surface area contributed by atoms with Gasteiger partial charge in [-0.3, -0.25) is 4.98 Å². The minimum absolute atomic E-state index is 0.892. The Morgan fingerprint density at radius 1 is 1.17 bits per heavy atom. The number of rotatable bonds is 1. The third kappa shape index (κ3) is 1.82. The second kappa shape index (κ2) is 4.21. The van der Waals surface area contributed by atoms with Crippen LogP contribution in [0.5, 0.6) is 0 Å². The summed E-state index contributed by atoms with van der Waals surface area (Å²) in [5, 5.41) is 0. The van der Waals surface area contributed by atoms with Gasteiger partial charge in [-0.15, -0.1) is 0 Å². The Labute approximate surface area is 114 Å². The molecule has 3 nitrogen and oxygen atoms in total. The molecule has 0 radical (unpaired) electrons. The molecular weight excluding hydrogens is 290 g/mol. The predicted molar refractivity (Wildman–Crippen MR) is 76.4 cm³/mol. The number of pyridine rings is 1. The van der Waals surface area contributed by atoms with Crippen molar-refractivity contribution in [3.8, 4) is 11.5 Å². The van der Waals surface area contributed by atoms with Crippen LogP contribution in [0.25, 0.3) is 22.6 Å². The van der Waals surface area contributed by atoms with E-state index in [0.717, 1.165) is 32.6 Å². The molecular formula is C14H12BrN3. The minimum atomic E-state index is 0.892. The van der Waals surface area contributed by atoms with Crippen LogP contribution < -0.4 is 0 Å². The van der Waals surface area contributed by atoms with E-state index in [0.29, 0.717) is 0 Å². The van der Waals surface area contributed by atoms with E-state index in [1.54, 1.807) is 0 Å². The van der Waals surface area contributed by atoms with Crippen LogP contribution in [0.4, 0.5) is 0 Å². The van der Waals surface area contributed by atoms with Crippen molar-refractivity contribution in [2.45, 2.75) is 6.92 Å². The fraction of sp³-hybridized carbons (Fsp3) is 0.143. The zero-order chi connectivity index (χ0) is 12.7. The molecule has 0 aliphatic heterocycles. The standard InChI is InChI=1S/C14H12BrN3/c1-9-3-5-11(16-8-9)14-17-12-7-10(15)4-6-13(12)18(14)2/h3-8H,1-2H3. The van der Waals surface area contributed by atoms with Crippen LogP contribution in [0.1, 0.15) is 5.56 Å². The number of halogens is 1. The number of benzene rings is 1. The number of nitrogens with zero attached hydrogens (tertiary/aromatic N) is 3. The van der Waals surface area contributed by atoms with Crippen molar-refractivity contribution in [3.05, 3.63) is 46.6 Å². The Morgan fingerprint density at radius 2 is 2.00 bits per heavy atom. The molecule has 3 rings (SSSR count). The molecule has 0 amide bonds. The molecule has 0 aliphatic carbocycles. The van der Waals surface area contributed by atoms with Gasteiger partial charge in [0.1, 0.15) is 5.69 Å². The lowest BCUT2D eigenvalue weighted by Crippen LogP contribution is -1.94. The summed E-state index contributed by atoms with van der Waals surface area (Å²) in [6, 6.07) is 10.2. The van der Waals surface area contributed by atoms with Crippen molar-refractivity contribution >= 4 is 27.0 Å². The summed E-state index contributed by atoms with van der Waals surface area (Å²) in [6.07, 6.45) is 1.87. The quantitative estimate of drug-likeness (QED) is 0.686. The topological polar surface area (TPSA) is 30.7 Å². The number of hydrogen-bond donors (Lipinski definition) is 0. The molecule has 4 heteroatoms. The average molecular weight is 302 g/mol. The SMILES string of the molecule is Cc1ccc(-c2nc3cc(Br)ccc3n2C)nc1. The number of imidazole rings is 1. The van der Waals surface area contributed by atoms with Gasteiger partial charge >= 0.3 is 0 Å². The van der Waals surface area contributed by atoms with Crippen LogP contribution in [-0.2, 0) is 7.05 Å². The largest absolute Gasteiger partial charge is 0.326 e. The number of hydrogen-bond acceptors (Lipinski definition) is 2. The van der Waals surface area contributed by atoms with Gasteiger partial charge in [0.15, 0.2) is 5.82 Å². The second-order valence-corrected chi connectivity index (χ2v) is 5.26. The Kier molecular flexibility index (Phi) is 2.67. The maximum Gasteiger partial charge on any atom is 0.159 e. The highest BCUT2D eigenvalue weighted by Crippen LogP contribution is 2.24. The first-order valence-corrected chi connectivity index (χ1v) is 6.49. The molecule has 0 bridgehead atoms. The van der Waals surface area contributed by atoms with Gasteiger partial charge in [-0.1, -0.05) is 22.0 Å². The monoisotopic (exact) mass is 301 g/mol. The van der Waals surface area contributed by atoms with E-state index < -0.39 is 0 Å². The van der Waals surface area contributed by atoms with Crippen LogP contribution in [0.2, 0.25) is 0 Å². The van der Waals surface area contributed by atoms with Crippen LogP contribution in [0, 0.1) is 6.92 Å². The highest BCUT2D eigenvalue weighted by atomic mass is 79.9. The van der Waals surface area contributed by atoms with E-state index in [1.165, 1.54) is 0 Å². The summed E-state index contributed by atoms with van der Waals surface area (Å²) in [5.74, 6) is 0.892. The van der Waals surface area contributed by atoms with E-state index in [1.807, 2.05) is 38.4 Å². The summed E-state index contributed by atoms with van der Waals surface area (Å²) < 4.78 is 3.11. The molecule has 18 heavy (non-hydrogen) atoms. The molecule has 0 atom stereocenters. The lowest BCUT2D eigenvalue weighted by Gasteiger charge is -2.01. The van der Waals surface area contributed by atoms with Gasteiger partial charge in [-0.2, -0.15) is 0 Å². The van der Waals surface area contributed by atoms with Crippen molar-refractivity contribution in [3.63, 3.8) is 0 Å². The van der Waals surface area contributed by atoms with Crippen LogP contribution in [0.3, 0.4) is 0 Å². The average Bonchev–Trinajstić information content (AvgIpc) is 2.67. The van der Waals surface area contributed by atoms with Crippen LogP contribution in [0.15, 0.2) is 41.0 Å². The molecule has 0 saturated heterocycles. The number of fused-ring (bicyclic) bond motifs is 1. The van der Waals surface area contributed by atoms with Gasteiger partial charge in [0.05, 0.1) is 11.0 Å². The summed E-state index contributed by atoms with van der Waals surface area (Å²) >= 11 is 3.47. The highest BCUT2D eigenvalue weighted by molar-refractivity contribution is 9.10. The van der Waals surface area contributed by atoms with Gasteiger partial charge < -0.3 is 4.57 Å². The van der Waals surface area contributed by atoms with E-state index in [4.69, 9.17) is 0 Å². The zero-order valence-electron chi connectivity index (χ0n) is 10.2. The first-order chi connectivity index (χ1) is 8.65. The molecule has 0 fully saturated rings. The highest BCUT2D eigenvalue weighted by Gasteiger charge is 2.10. The van der Waals surface area contributed by atoms with Crippen molar-refractivity contribution < 1.29 is 0 Å². The molecule has 1 aromatic carbocycles. The second-order valence-electron chi connectivity index (χ2n) is 4.35. The van der Waals surface area contributed by atoms with Crippen LogP contribution in [-0.4, -0.2) is 14.5 Å². The zero-order valence-corrected chi connectivity index (χ0v) is 11.8. The van der Waals surface area contributed by atoms with Crippen molar-refractivity contribution in [1.29, 1.82) is 0 Å². The lowest BCUT2D eigenvalue weighted by atomic mass is 10.2. The molecule has 90 valence electrons. The molecule has 0 unspecified atom stereocenters. The van der Waals surface area contributed by atoms with E-state index in [9.17, 15) is 0 Å².